The zero-order valence-corrected chi connectivity index (χ0v) is 11.4. The van der Waals surface area contributed by atoms with Gasteiger partial charge in [0.1, 0.15) is 12.0 Å². The lowest BCUT2D eigenvalue weighted by molar-refractivity contribution is -0.137. The third-order valence-electron chi connectivity index (χ3n) is 2.63. The van der Waals surface area contributed by atoms with E-state index in [1.165, 1.54) is 18.4 Å². The Bertz CT molecular complexity index is 582. The smallest absolute Gasteiger partial charge is 0.416 e. The molecule has 2 aromatic rings. The summed E-state index contributed by atoms with van der Waals surface area (Å²) >= 11 is 0. The molecule has 0 aliphatic carbocycles. The summed E-state index contributed by atoms with van der Waals surface area (Å²) in [7, 11) is 0. The summed E-state index contributed by atoms with van der Waals surface area (Å²) in [4.78, 5) is 4.04. The number of hydrogen-bond acceptors (Lipinski definition) is 4. The first-order chi connectivity index (χ1) is 9.99. The highest BCUT2D eigenvalue weighted by atomic mass is 19.4. The standard InChI is InChI=1S/C14H15F3N2O2/c1-2-6-18-8-11-9-20-13(19-11)21-12-5-3-4-10(7-12)14(15,16)17/h3-5,7,9,18H,2,6,8H2,1H3. The van der Waals surface area contributed by atoms with Crippen molar-refractivity contribution in [3.63, 3.8) is 0 Å². The van der Waals surface area contributed by atoms with E-state index >= 15 is 0 Å². The second-order valence-electron chi connectivity index (χ2n) is 4.41. The maximum Gasteiger partial charge on any atom is 0.416 e. The molecule has 4 nitrogen and oxygen atoms in total. The summed E-state index contributed by atoms with van der Waals surface area (Å²) in [6.45, 7) is 3.40. The van der Waals surface area contributed by atoms with Gasteiger partial charge in [0.2, 0.25) is 0 Å². The highest BCUT2D eigenvalue weighted by Gasteiger charge is 2.30. The molecule has 1 aromatic carbocycles. The van der Waals surface area contributed by atoms with E-state index in [2.05, 4.69) is 10.3 Å². The van der Waals surface area contributed by atoms with Crippen LogP contribution in [0.15, 0.2) is 34.9 Å². The predicted molar refractivity (Wildman–Crippen MR) is 70.0 cm³/mol. The maximum atomic E-state index is 12.6. The molecule has 0 aliphatic rings. The molecule has 0 radical (unpaired) electrons. The quantitative estimate of drug-likeness (QED) is 0.820. The molecule has 0 saturated carbocycles. The number of nitrogens with zero attached hydrogens (tertiary/aromatic N) is 1. The van der Waals surface area contributed by atoms with Gasteiger partial charge in [0.15, 0.2) is 0 Å². The highest BCUT2D eigenvalue weighted by Crippen LogP contribution is 2.32. The van der Waals surface area contributed by atoms with Crippen molar-refractivity contribution in [2.24, 2.45) is 0 Å². The fourth-order valence-corrected chi connectivity index (χ4v) is 1.65. The van der Waals surface area contributed by atoms with E-state index in [9.17, 15) is 13.2 Å². The Morgan fingerprint density at radius 2 is 2.14 bits per heavy atom. The van der Waals surface area contributed by atoms with Gasteiger partial charge in [0.05, 0.1) is 11.3 Å². The fourth-order valence-electron chi connectivity index (χ4n) is 1.65. The van der Waals surface area contributed by atoms with Gasteiger partial charge in [0, 0.05) is 6.54 Å². The van der Waals surface area contributed by atoms with Crippen LogP contribution in [0, 0.1) is 0 Å². The van der Waals surface area contributed by atoms with E-state index in [1.807, 2.05) is 6.92 Å². The summed E-state index contributed by atoms with van der Waals surface area (Å²) in [5, 5.41) is 3.13. The lowest BCUT2D eigenvalue weighted by Crippen LogP contribution is -2.13. The predicted octanol–water partition coefficient (Wildman–Crippen LogP) is 3.99. The van der Waals surface area contributed by atoms with Crippen molar-refractivity contribution >= 4 is 0 Å². The molecular formula is C14H15F3N2O2. The lowest BCUT2D eigenvalue weighted by Gasteiger charge is -2.07. The first-order valence-corrected chi connectivity index (χ1v) is 6.49. The minimum absolute atomic E-state index is 0.0275. The van der Waals surface area contributed by atoms with E-state index in [0.717, 1.165) is 25.1 Å². The molecule has 1 N–H and O–H groups in total. The van der Waals surface area contributed by atoms with Crippen LogP contribution in [0.1, 0.15) is 24.6 Å². The van der Waals surface area contributed by atoms with Crippen LogP contribution in [0.3, 0.4) is 0 Å². The summed E-state index contributed by atoms with van der Waals surface area (Å²) in [5.74, 6) is 0.0275. The van der Waals surface area contributed by atoms with Crippen molar-refractivity contribution < 1.29 is 22.3 Å². The van der Waals surface area contributed by atoms with Crippen LogP contribution in [-0.4, -0.2) is 11.5 Å². The van der Waals surface area contributed by atoms with Crippen molar-refractivity contribution in [2.45, 2.75) is 26.1 Å². The van der Waals surface area contributed by atoms with E-state index in [-0.39, 0.29) is 11.8 Å². The van der Waals surface area contributed by atoms with Gasteiger partial charge in [-0.1, -0.05) is 13.0 Å². The Morgan fingerprint density at radius 1 is 1.33 bits per heavy atom. The van der Waals surface area contributed by atoms with E-state index < -0.39 is 11.7 Å². The van der Waals surface area contributed by atoms with Gasteiger partial charge in [-0.15, -0.1) is 0 Å². The minimum atomic E-state index is -4.41. The number of hydrogen-bond donors (Lipinski definition) is 1. The molecule has 0 saturated heterocycles. The van der Waals surface area contributed by atoms with Gasteiger partial charge in [-0.25, -0.2) is 0 Å². The zero-order chi connectivity index (χ0) is 15.3. The first kappa shape index (κ1) is 15.4. The molecule has 0 unspecified atom stereocenters. The number of halogens is 3. The fraction of sp³-hybridized carbons (Fsp3) is 0.357. The van der Waals surface area contributed by atoms with Gasteiger partial charge in [0.25, 0.3) is 0 Å². The normalized spacial score (nSPS) is 11.6. The van der Waals surface area contributed by atoms with Gasteiger partial charge >= 0.3 is 12.3 Å². The second-order valence-corrected chi connectivity index (χ2v) is 4.41. The molecular weight excluding hydrogens is 285 g/mol. The molecule has 2 rings (SSSR count). The molecule has 0 atom stereocenters. The number of benzene rings is 1. The van der Waals surface area contributed by atoms with Crippen molar-refractivity contribution in [3.05, 3.63) is 41.8 Å². The molecule has 1 heterocycles. The van der Waals surface area contributed by atoms with E-state index in [4.69, 9.17) is 9.15 Å². The molecule has 0 spiro atoms. The number of nitrogens with one attached hydrogen (secondary N) is 1. The minimum Gasteiger partial charge on any atom is -0.417 e. The van der Waals surface area contributed by atoms with Crippen molar-refractivity contribution in [1.82, 2.24) is 10.3 Å². The molecule has 0 bridgehead atoms. The summed E-state index contributed by atoms with van der Waals surface area (Å²) in [5.41, 5.74) is -0.151. The van der Waals surface area contributed by atoms with Crippen LogP contribution in [0.5, 0.6) is 11.8 Å². The first-order valence-electron chi connectivity index (χ1n) is 6.49. The molecule has 0 aliphatic heterocycles. The molecule has 21 heavy (non-hydrogen) atoms. The average Bonchev–Trinajstić information content (AvgIpc) is 2.86. The number of aromatic nitrogens is 1. The Hall–Kier alpha value is -2.02. The molecule has 7 heteroatoms. The Balaban J connectivity index is 2.02. The van der Waals surface area contributed by atoms with Crippen molar-refractivity contribution in [1.29, 1.82) is 0 Å². The van der Waals surface area contributed by atoms with Crippen molar-refractivity contribution in [3.8, 4) is 11.8 Å². The molecule has 1 aromatic heterocycles. The monoisotopic (exact) mass is 300 g/mol. The van der Waals surface area contributed by atoms with Gasteiger partial charge in [-0.2, -0.15) is 18.2 Å². The topological polar surface area (TPSA) is 47.3 Å². The highest BCUT2D eigenvalue weighted by molar-refractivity contribution is 5.31. The number of oxazole rings is 1. The Labute approximate surface area is 119 Å². The Morgan fingerprint density at radius 3 is 2.86 bits per heavy atom. The zero-order valence-electron chi connectivity index (χ0n) is 11.4. The second kappa shape index (κ2) is 6.62. The molecule has 0 fully saturated rings. The number of ether oxygens (including phenoxy) is 1. The van der Waals surface area contributed by atoms with Crippen molar-refractivity contribution in [2.75, 3.05) is 6.54 Å². The van der Waals surface area contributed by atoms with Crippen LogP contribution >= 0.6 is 0 Å². The SMILES string of the molecule is CCCNCc1coc(Oc2cccc(C(F)(F)F)c2)n1. The summed E-state index contributed by atoms with van der Waals surface area (Å²) in [6.07, 6.45) is -2.09. The van der Waals surface area contributed by atoms with Crippen LogP contribution < -0.4 is 10.1 Å². The lowest BCUT2D eigenvalue weighted by atomic mass is 10.2. The Kier molecular flexibility index (Phi) is 4.85. The number of alkyl halides is 3. The van der Waals surface area contributed by atoms with Crippen LogP contribution in [0.4, 0.5) is 13.2 Å². The van der Waals surface area contributed by atoms with Crippen LogP contribution in [0.25, 0.3) is 0 Å². The third-order valence-corrected chi connectivity index (χ3v) is 2.63. The maximum absolute atomic E-state index is 12.6. The van der Waals surface area contributed by atoms with Crippen LogP contribution in [-0.2, 0) is 12.7 Å². The van der Waals surface area contributed by atoms with Gasteiger partial charge in [-0.3, -0.25) is 0 Å². The van der Waals surface area contributed by atoms with Crippen LogP contribution in [0.2, 0.25) is 0 Å². The summed E-state index contributed by atoms with van der Waals surface area (Å²) in [6, 6.07) is 4.56. The van der Waals surface area contributed by atoms with Gasteiger partial charge < -0.3 is 14.5 Å². The largest absolute Gasteiger partial charge is 0.417 e. The molecule has 0 amide bonds. The van der Waals surface area contributed by atoms with E-state index in [0.29, 0.717) is 12.2 Å². The average molecular weight is 300 g/mol. The van der Waals surface area contributed by atoms with E-state index in [1.54, 1.807) is 0 Å². The van der Waals surface area contributed by atoms with Gasteiger partial charge in [-0.05, 0) is 31.2 Å². The third kappa shape index (κ3) is 4.49. The number of rotatable bonds is 6. The summed E-state index contributed by atoms with van der Waals surface area (Å²) < 4.78 is 48.0. The molecule has 114 valence electrons.